The lowest BCUT2D eigenvalue weighted by molar-refractivity contribution is -0.387. The molecule has 0 spiro atoms. The molecule has 0 atom stereocenters. The number of nitro benzene ring substituents is 1. The zero-order chi connectivity index (χ0) is 15.7. The van der Waals surface area contributed by atoms with Crippen LogP contribution in [0.5, 0.6) is 0 Å². The van der Waals surface area contributed by atoms with Crippen molar-refractivity contribution in [3.8, 4) is 11.3 Å². The van der Waals surface area contributed by atoms with Crippen molar-refractivity contribution in [2.24, 2.45) is 5.92 Å². The summed E-state index contributed by atoms with van der Waals surface area (Å²) < 4.78 is 28.2. The van der Waals surface area contributed by atoms with Crippen molar-refractivity contribution in [2.45, 2.75) is 20.3 Å². The number of nitrogens with one attached hydrogen (secondary N) is 1. The summed E-state index contributed by atoms with van der Waals surface area (Å²) in [5, 5.41) is 17.0. The Labute approximate surface area is 119 Å². The molecule has 0 aliphatic carbocycles. The van der Waals surface area contributed by atoms with Gasteiger partial charge in [-0.15, -0.1) is 0 Å². The highest BCUT2D eigenvalue weighted by atomic mass is 19.1. The van der Waals surface area contributed by atoms with Gasteiger partial charge in [0.2, 0.25) is 5.82 Å². The highest BCUT2D eigenvalue weighted by molar-refractivity contribution is 5.71. The van der Waals surface area contributed by atoms with Gasteiger partial charge in [-0.3, -0.25) is 15.2 Å². The minimum absolute atomic E-state index is 0.0416. The van der Waals surface area contributed by atoms with Crippen LogP contribution < -0.4 is 5.73 Å². The van der Waals surface area contributed by atoms with E-state index >= 15 is 0 Å². The average Bonchev–Trinajstić information content (AvgIpc) is 2.71. The van der Waals surface area contributed by atoms with Crippen LogP contribution >= 0.6 is 0 Å². The summed E-state index contributed by atoms with van der Waals surface area (Å²) in [6, 6.07) is 1.64. The smallest absolute Gasteiger partial charge is 0.305 e. The van der Waals surface area contributed by atoms with Gasteiger partial charge in [0.1, 0.15) is 11.6 Å². The fourth-order valence-electron chi connectivity index (χ4n) is 2.11. The van der Waals surface area contributed by atoms with Gasteiger partial charge in [-0.05, 0) is 18.4 Å². The summed E-state index contributed by atoms with van der Waals surface area (Å²) in [5.74, 6) is -1.85. The standard InChI is InChI=1S/C13H14F2N4O2/c1-6(2)5-7-12(17-18-13(7)16)10-8(14)3-4-9(11(10)15)19(20)21/h3-4,6H,5H2,1-2H3,(H3,16,17,18). The van der Waals surface area contributed by atoms with Crippen molar-refractivity contribution >= 4 is 11.5 Å². The number of benzene rings is 1. The Morgan fingerprint density at radius 3 is 2.67 bits per heavy atom. The van der Waals surface area contributed by atoms with Gasteiger partial charge in [0, 0.05) is 11.6 Å². The van der Waals surface area contributed by atoms with Gasteiger partial charge in [-0.2, -0.15) is 9.49 Å². The first kappa shape index (κ1) is 14.9. The summed E-state index contributed by atoms with van der Waals surface area (Å²) in [6.07, 6.45) is 0.444. The quantitative estimate of drug-likeness (QED) is 0.669. The van der Waals surface area contributed by atoms with E-state index in [1.54, 1.807) is 0 Å². The van der Waals surface area contributed by atoms with E-state index in [9.17, 15) is 18.9 Å². The number of H-pyrrole nitrogens is 1. The number of nitrogen functional groups attached to an aromatic ring is 1. The second-order valence-corrected chi connectivity index (χ2v) is 5.07. The Balaban J connectivity index is 2.67. The zero-order valence-corrected chi connectivity index (χ0v) is 11.5. The topological polar surface area (TPSA) is 97.8 Å². The predicted molar refractivity (Wildman–Crippen MR) is 73.5 cm³/mol. The maximum absolute atomic E-state index is 14.2. The van der Waals surface area contributed by atoms with Gasteiger partial charge in [0.25, 0.3) is 0 Å². The minimum Gasteiger partial charge on any atom is -0.382 e. The molecule has 1 aromatic heterocycles. The maximum Gasteiger partial charge on any atom is 0.305 e. The highest BCUT2D eigenvalue weighted by Crippen LogP contribution is 2.34. The molecule has 0 unspecified atom stereocenters. The van der Waals surface area contributed by atoms with Gasteiger partial charge >= 0.3 is 5.69 Å². The summed E-state index contributed by atoms with van der Waals surface area (Å²) in [5.41, 5.74) is 4.89. The van der Waals surface area contributed by atoms with Crippen LogP contribution in [0.3, 0.4) is 0 Å². The Bertz CT molecular complexity index is 698. The molecule has 2 rings (SSSR count). The number of nitro groups is 1. The molecular weight excluding hydrogens is 282 g/mol. The van der Waals surface area contributed by atoms with E-state index in [1.165, 1.54) is 0 Å². The van der Waals surface area contributed by atoms with Crippen LogP contribution in [0.4, 0.5) is 20.3 Å². The summed E-state index contributed by atoms with van der Waals surface area (Å²) in [4.78, 5) is 9.87. The van der Waals surface area contributed by atoms with Gasteiger partial charge in [-0.25, -0.2) is 4.39 Å². The molecule has 0 aliphatic heterocycles. The van der Waals surface area contributed by atoms with Crippen molar-refractivity contribution in [3.05, 3.63) is 39.4 Å². The van der Waals surface area contributed by atoms with Gasteiger partial charge < -0.3 is 5.73 Å². The molecule has 6 nitrogen and oxygen atoms in total. The van der Waals surface area contributed by atoms with Crippen LogP contribution in [0.1, 0.15) is 19.4 Å². The molecule has 0 fully saturated rings. The van der Waals surface area contributed by atoms with Crippen LogP contribution in [0.25, 0.3) is 11.3 Å². The first-order valence-corrected chi connectivity index (χ1v) is 6.28. The number of aromatic amines is 1. The summed E-state index contributed by atoms with van der Waals surface area (Å²) in [6.45, 7) is 3.83. The van der Waals surface area contributed by atoms with E-state index in [-0.39, 0.29) is 17.4 Å². The molecule has 0 amide bonds. The highest BCUT2D eigenvalue weighted by Gasteiger charge is 2.26. The third-order valence-corrected chi connectivity index (χ3v) is 3.03. The predicted octanol–water partition coefficient (Wildman–Crippen LogP) is 3.04. The number of hydrogen-bond acceptors (Lipinski definition) is 4. The Morgan fingerprint density at radius 2 is 2.10 bits per heavy atom. The first-order valence-electron chi connectivity index (χ1n) is 6.28. The van der Waals surface area contributed by atoms with Crippen LogP contribution in [-0.4, -0.2) is 15.1 Å². The normalized spacial score (nSPS) is 11.1. The van der Waals surface area contributed by atoms with Crippen molar-refractivity contribution in [2.75, 3.05) is 5.73 Å². The molecule has 0 aliphatic rings. The van der Waals surface area contributed by atoms with Crippen molar-refractivity contribution in [1.29, 1.82) is 0 Å². The van der Waals surface area contributed by atoms with E-state index in [4.69, 9.17) is 5.73 Å². The molecule has 0 saturated carbocycles. The van der Waals surface area contributed by atoms with Crippen LogP contribution in [0.2, 0.25) is 0 Å². The summed E-state index contributed by atoms with van der Waals surface area (Å²) in [7, 11) is 0. The average molecular weight is 296 g/mol. The van der Waals surface area contributed by atoms with Gasteiger partial charge in [0.05, 0.1) is 16.2 Å². The number of rotatable bonds is 4. The van der Waals surface area contributed by atoms with Gasteiger partial charge in [-0.1, -0.05) is 13.8 Å². The van der Waals surface area contributed by atoms with Crippen molar-refractivity contribution < 1.29 is 13.7 Å². The molecule has 1 aromatic carbocycles. The fourth-order valence-corrected chi connectivity index (χ4v) is 2.11. The van der Waals surface area contributed by atoms with Crippen molar-refractivity contribution in [1.82, 2.24) is 10.2 Å². The number of nitrogens with two attached hydrogens (primary N) is 1. The molecular formula is C13H14F2N4O2. The molecule has 21 heavy (non-hydrogen) atoms. The van der Waals surface area contributed by atoms with Crippen molar-refractivity contribution in [3.63, 3.8) is 0 Å². The lowest BCUT2D eigenvalue weighted by Gasteiger charge is -2.09. The van der Waals surface area contributed by atoms with E-state index in [0.717, 1.165) is 12.1 Å². The number of hydrogen-bond donors (Lipinski definition) is 2. The largest absolute Gasteiger partial charge is 0.382 e. The van der Waals surface area contributed by atoms with E-state index < -0.39 is 27.8 Å². The van der Waals surface area contributed by atoms with Crippen LogP contribution in [0, 0.1) is 27.7 Å². The van der Waals surface area contributed by atoms with E-state index in [0.29, 0.717) is 12.0 Å². The molecule has 0 saturated heterocycles. The molecule has 2 aromatic rings. The monoisotopic (exact) mass is 296 g/mol. The van der Waals surface area contributed by atoms with Crippen LogP contribution in [0.15, 0.2) is 12.1 Å². The Hall–Kier alpha value is -2.51. The van der Waals surface area contributed by atoms with E-state index in [2.05, 4.69) is 10.2 Å². The molecule has 8 heteroatoms. The second kappa shape index (κ2) is 5.47. The first-order chi connectivity index (χ1) is 9.82. The zero-order valence-electron chi connectivity index (χ0n) is 11.5. The third kappa shape index (κ3) is 2.69. The third-order valence-electron chi connectivity index (χ3n) is 3.03. The molecule has 3 N–H and O–H groups in total. The van der Waals surface area contributed by atoms with Gasteiger partial charge in [0.15, 0.2) is 0 Å². The maximum atomic E-state index is 14.2. The molecule has 0 bridgehead atoms. The van der Waals surface area contributed by atoms with E-state index in [1.807, 2.05) is 13.8 Å². The lowest BCUT2D eigenvalue weighted by Crippen LogP contribution is -2.02. The van der Waals surface area contributed by atoms with Crippen LogP contribution in [-0.2, 0) is 6.42 Å². The number of halogens is 2. The number of nitrogens with zero attached hydrogens (tertiary/aromatic N) is 2. The summed E-state index contributed by atoms with van der Waals surface area (Å²) >= 11 is 0. The fraction of sp³-hybridized carbons (Fsp3) is 0.308. The SMILES string of the molecule is CC(C)Cc1c(N)n[nH]c1-c1c(F)ccc([N+](=O)[O-])c1F. The Morgan fingerprint density at radius 1 is 1.43 bits per heavy atom. The molecule has 112 valence electrons. The number of aromatic nitrogens is 2. The Kier molecular flexibility index (Phi) is 3.88. The number of anilines is 1. The minimum atomic E-state index is -1.24. The second-order valence-electron chi connectivity index (χ2n) is 5.07. The molecule has 0 radical (unpaired) electrons. The molecule has 1 heterocycles. The lowest BCUT2D eigenvalue weighted by atomic mass is 9.98.